The van der Waals surface area contributed by atoms with Gasteiger partial charge < -0.3 is 19.5 Å². The number of carbonyl (C=O) groups is 1. The minimum Gasteiger partial charge on any atom is -0.457 e. The van der Waals surface area contributed by atoms with Gasteiger partial charge in [0.15, 0.2) is 5.82 Å². The van der Waals surface area contributed by atoms with Gasteiger partial charge in [0.2, 0.25) is 5.91 Å². The fourth-order valence-corrected chi connectivity index (χ4v) is 5.53. The van der Waals surface area contributed by atoms with Crippen molar-refractivity contribution >= 4 is 49.9 Å². The molecule has 9 nitrogen and oxygen atoms in total. The lowest BCUT2D eigenvalue weighted by atomic mass is 9.90. The Kier molecular flexibility index (Phi) is 7.25. The Morgan fingerprint density at radius 1 is 1.15 bits per heavy atom. The number of nitrogens with zero attached hydrogens (tertiary/aromatic N) is 6. The summed E-state index contributed by atoms with van der Waals surface area (Å²) in [7, 11) is 1.98. The lowest BCUT2D eigenvalue weighted by Gasteiger charge is -2.31. The molecule has 0 aliphatic carbocycles. The molecule has 1 fully saturated rings. The van der Waals surface area contributed by atoms with Crippen LogP contribution in [0.2, 0.25) is 0 Å². The normalized spacial score (nSPS) is 14.4. The SMILES string of the molecule is Cc1cc(Nc2ncnn3ccc(C4CCN(C(=O)/C=C/CBr)CC4)c23)ccc1Oc1ccc2c(c1)ncn2C. The first-order valence-electron chi connectivity index (χ1n) is 13.3. The molecule has 1 aliphatic heterocycles. The standard InChI is InChI=1S/C30H30BrN7O2/c1-20-16-22(5-8-27(20)40-23-6-7-26-25(17-23)33-19-36(26)2)35-30-29-24(11-15-38(29)34-18-32-30)21-9-13-37(14-10-21)28(39)4-3-12-31/h3-8,11,15-19,21H,9-10,12-14H2,1-2H3,(H,32,34,35)/b4-3+. The number of ether oxygens (including phenoxy) is 1. The number of anilines is 2. The van der Waals surface area contributed by atoms with E-state index in [1.807, 2.05) is 70.6 Å². The third-order valence-electron chi connectivity index (χ3n) is 7.44. The first-order chi connectivity index (χ1) is 19.5. The zero-order valence-electron chi connectivity index (χ0n) is 22.4. The van der Waals surface area contributed by atoms with Crippen LogP contribution in [-0.2, 0) is 11.8 Å². The molecule has 1 saturated heterocycles. The fourth-order valence-electron chi connectivity index (χ4n) is 5.35. The summed E-state index contributed by atoms with van der Waals surface area (Å²) >= 11 is 3.33. The van der Waals surface area contributed by atoms with E-state index in [-0.39, 0.29) is 5.91 Å². The number of imidazole rings is 1. The van der Waals surface area contributed by atoms with Gasteiger partial charge in [-0.25, -0.2) is 14.5 Å². The number of amides is 1. The summed E-state index contributed by atoms with van der Waals surface area (Å²) in [4.78, 5) is 23.3. The van der Waals surface area contributed by atoms with Gasteiger partial charge in [-0.2, -0.15) is 5.10 Å². The zero-order valence-corrected chi connectivity index (χ0v) is 24.0. The molecule has 0 bridgehead atoms. The van der Waals surface area contributed by atoms with E-state index in [4.69, 9.17) is 4.74 Å². The lowest BCUT2D eigenvalue weighted by molar-refractivity contribution is -0.127. The summed E-state index contributed by atoms with van der Waals surface area (Å²) in [5.74, 6) is 2.68. The molecule has 0 spiro atoms. The van der Waals surface area contributed by atoms with Crippen molar-refractivity contribution in [3.63, 3.8) is 0 Å². The Hall–Kier alpha value is -4.18. The third-order valence-corrected chi connectivity index (χ3v) is 7.82. The van der Waals surface area contributed by atoms with Crippen molar-refractivity contribution in [2.45, 2.75) is 25.7 Å². The highest BCUT2D eigenvalue weighted by Crippen LogP contribution is 2.35. The highest BCUT2D eigenvalue weighted by molar-refractivity contribution is 9.09. The number of allylic oxidation sites excluding steroid dienone is 1. The predicted octanol–water partition coefficient (Wildman–Crippen LogP) is 6.12. The average Bonchev–Trinajstić information content (AvgIpc) is 3.57. The monoisotopic (exact) mass is 599 g/mol. The van der Waals surface area contributed by atoms with Gasteiger partial charge in [0.25, 0.3) is 0 Å². The number of hydrogen-bond acceptors (Lipinski definition) is 6. The minimum atomic E-state index is 0.0745. The topological polar surface area (TPSA) is 89.6 Å². The number of aryl methyl sites for hydroxylation is 2. The van der Waals surface area contributed by atoms with Crippen LogP contribution in [-0.4, -0.2) is 53.4 Å². The highest BCUT2D eigenvalue weighted by Gasteiger charge is 2.26. The Balaban J connectivity index is 1.19. The molecule has 10 heteroatoms. The van der Waals surface area contributed by atoms with E-state index < -0.39 is 0 Å². The smallest absolute Gasteiger partial charge is 0.246 e. The van der Waals surface area contributed by atoms with Gasteiger partial charge in [0.1, 0.15) is 23.3 Å². The van der Waals surface area contributed by atoms with Crippen LogP contribution in [0, 0.1) is 6.92 Å². The largest absolute Gasteiger partial charge is 0.457 e. The van der Waals surface area contributed by atoms with Crippen molar-refractivity contribution in [1.82, 2.24) is 29.0 Å². The summed E-state index contributed by atoms with van der Waals surface area (Å²) in [6.07, 6.45) is 10.6. The maximum Gasteiger partial charge on any atom is 0.246 e. The first-order valence-corrected chi connectivity index (χ1v) is 14.4. The Morgan fingerprint density at radius 3 is 2.80 bits per heavy atom. The minimum absolute atomic E-state index is 0.0745. The van der Waals surface area contributed by atoms with Gasteiger partial charge in [0, 0.05) is 43.4 Å². The molecule has 2 aromatic carbocycles. The Bertz CT molecular complexity index is 1720. The van der Waals surface area contributed by atoms with Gasteiger partial charge in [-0.1, -0.05) is 22.0 Å². The van der Waals surface area contributed by atoms with Crippen molar-refractivity contribution in [3.8, 4) is 11.5 Å². The lowest BCUT2D eigenvalue weighted by Crippen LogP contribution is -2.36. The van der Waals surface area contributed by atoms with Gasteiger partial charge in [-0.05, 0) is 79.3 Å². The molecule has 1 aliphatic rings. The number of benzene rings is 2. The number of rotatable bonds is 7. The van der Waals surface area contributed by atoms with Crippen LogP contribution in [0.1, 0.15) is 29.9 Å². The molecule has 0 saturated carbocycles. The summed E-state index contributed by atoms with van der Waals surface area (Å²) in [5, 5.41) is 8.62. The second-order valence-corrected chi connectivity index (χ2v) is 10.7. The van der Waals surface area contributed by atoms with E-state index in [0.717, 1.165) is 71.0 Å². The summed E-state index contributed by atoms with van der Waals surface area (Å²) in [6.45, 7) is 3.50. The maximum atomic E-state index is 12.4. The number of likely N-dealkylation sites (tertiary alicyclic amines) is 1. The second kappa shape index (κ2) is 11.1. The number of carbonyl (C=O) groups excluding carboxylic acids is 1. The molecule has 4 heterocycles. The molecule has 0 atom stereocenters. The first kappa shape index (κ1) is 26.1. The molecular formula is C30H30BrN7O2. The van der Waals surface area contributed by atoms with Crippen LogP contribution in [0.15, 0.2) is 73.5 Å². The van der Waals surface area contributed by atoms with E-state index in [1.165, 1.54) is 5.56 Å². The van der Waals surface area contributed by atoms with Crippen molar-refractivity contribution in [1.29, 1.82) is 0 Å². The molecule has 0 unspecified atom stereocenters. The number of nitrogens with one attached hydrogen (secondary N) is 1. The van der Waals surface area contributed by atoms with E-state index in [0.29, 0.717) is 11.2 Å². The Labute approximate surface area is 240 Å². The molecule has 1 N–H and O–H groups in total. The molecular weight excluding hydrogens is 570 g/mol. The number of fused-ring (bicyclic) bond motifs is 2. The van der Waals surface area contributed by atoms with Crippen LogP contribution < -0.4 is 10.1 Å². The number of aromatic nitrogens is 5. The maximum absolute atomic E-state index is 12.4. The van der Waals surface area contributed by atoms with E-state index in [9.17, 15) is 4.79 Å². The highest BCUT2D eigenvalue weighted by atomic mass is 79.9. The van der Waals surface area contributed by atoms with Crippen molar-refractivity contribution in [2.75, 3.05) is 23.7 Å². The second-order valence-electron chi connectivity index (χ2n) is 10.0. The number of halogens is 1. The summed E-state index contributed by atoms with van der Waals surface area (Å²) < 4.78 is 10.1. The summed E-state index contributed by atoms with van der Waals surface area (Å²) in [6, 6.07) is 14.1. The molecule has 6 rings (SSSR count). The quantitative estimate of drug-likeness (QED) is 0.179. The van der Waals surface area contributed by atoms with Crippen LogP contribution in [0.25, 0.3) is 16.6 Å². The van der Waals surface area contributed by atoms with Gasteiger partial charge in [-0.15, -0.1) is 0 Å². The molecule has 5 aromatic rings. The van der Waals surface area contributed by atoms with Crippen LogP contribution in [0.3, 0.4) is 0 Å². The Morgan fingerprint density at radius 2 is 2.00 bits per heavy atom. The van der Waals surface area contributed by atoms with E-state index in [2.05, 4.69) is 48.4 Å². The fraction of sp³-hybridized carbons (Fsp3) is 0.267. The van der Waals surface area contributed by atoms with Gasteiger partial charge >= 0.3 is 0 Å². The number of piperidine rings is 1. The number of hydrogen-bond donors (Lipinski definition) is 1. The molecule has 0 radical (unpaired) electrons. The zero-order chi connectivity index (χ0) is 27.6. The average molecular weight is 601 g/mol. The van der Waals surface area contributed by atoms with E-state index in [1.54, 1.807) is 18.7 Å². The van der Waals surface area contributed by atoms with Gasteiger partial charge in [0.05, 0.1) is 17.4 Å². The van der Waals surface area contributed by atoms with Crippen molar-refractivity contribution in [2.24, 2.45) is 7.05 Å². The molecule has 40 heavy (non-hydrogen) atoms. The molecule has 204 valence electrons. The molecule has 1 amide bonds. The predicted molar refractivity (Wildman–Crippen MR) is 160 cm³/mol. The van der Waals surface area contributed by atoms with Crippen molar-refractivity contribution in [3.05, 3.63) is 84.6 Å². The van der Waals surface area contributed by atoms with Crippen LogP contribution >= 0.6 is 15.9 Å². The molecule has 3 aromatic heterocycles. The van der Waals surface area contributed by atoms with Crippen LogP contribution in [0.5, 0.6) is 11.5 Å². The van der Waals surface area contributed by atoms with E-state index >= 15 is 0 Å². The van der Waals surface area contributed by atoms with Crippen molar-refractivity contribution < 1.29 is 9.53 Å². The number of alkyl halides is 1. The summed E-state index contributed by atoms with van der Waals surface area (Å²) in [5.41, 5.74) is 6.04. The van der Waals surface area contributed by atoms with Gasteiger partial charge in [-0.3, -0.25) is 4.79 Å². The van der Waals surface area contributed by atoms with Crippen LogP contribution in [0.4, 0.5) is 11.5 Å². The third kappa shape index (κ3) is 5.19.